The second-order valence-corrected chi connectivity index (χ2v) is 7.18. The van der Waals surface area contributed by atoms with Gasteiger partial charge in [-0.15, -0.1) is 11.3 Å². The lowest BCUT2D eigenvalue weighted by atomic mass is 10.0. The van der Waals surface area contributed by atoms with Crippen molar-refractivity contribution < 1.29 is 14.7 Å². The van der Waals surface area contributed by atoms with Gasteiger partial charge in [-0.05, 0) is 31.2 Å². The average Bonchev–Trinajstić information content (AvgIpc) is 3.10. The predicted octanol–water partition coefficient (Wildman–Crippen LogP) is 3.22. The third kappa shape index (κ3) is 5.12. The van der Waals surface area contributed by atoms with Crippen molar-refractivity contribution in [3.05, 3.63) is 47.0 Å². The van der Waals surface area contributed by atoms with Crippen molar-refractivity contribution in [3.8, 4) is 0 Å². The maximum atomic E-state index is 12.3. The summed E-state index contributed by atoms with van der Waals surface area (Å²) >= 11 is 1.45. The Hall–Kier alpha value is -2.25. The van der Waals surface area contributed by atoms with E-state index in [0.29, 0.717) is 16.6 Å². The number of benzene rings is 1. The van der Waals surface area contributed by atoms with Gasteiger partial charge in [-0.1, -0.05) is 44.2 Å². The molecule has 2 rings (SSSR count). The standard InChI is InChI=1S/C19H25N3O3S/c1-4-13(5-2)15-11-20-19(26-15)22-17(24)12(3)21-18(25)16(23)14-9-7-6-8-10-14/h6-13,16,23H,4-5H2,1-3H3,(H,21,25)(H,20,22,24)/t12-,16?/m0/s1. The summed E-state index contributed by atoms with van der Waals surface area (Å²) in [4.78, 5) is 29.8. The minimum absolute atomic E-state index is 0.371. The van der Waals surface area contributed by atoms with Crippen LogP contribution < -0.4 is 10.6 Å². The van der Waals surface area contributed by atoms with Gasteiger partial charge >= 0.3 is 0 Å². The van der Waals surface area contributed by atoms with E-state index in [2.05, 4.69) is 29.5 Å². The summed E-state index contributed by atoms with van der Waals surface area (Å²) in [6.45, 7) is 5.82. The highest BCUT2D eigenvalue weighted by Crippen LogP contribution is 2.30. The molecule has 2 amide bonds. The third-order valence-corrected chi connectivity index (χ3v) is 5.33. The fourth-order valence-electron chi connectivity index (χ4n) is 2.58. The van der Waals surface area contributed by atoms with Crippen molar-refractivity contribution in [1.82, 2.24) is 10.3 Å². The lowest BCUT2D eigenvalue weighted by molar-refractivity contribution is -0.132. The number of rotatable bonds is 8. The molecule has 7 heteroatoms. The minimum Gasteiger partial charge on any atom is -0.378 e. The van der Waals surface area contributed by atoms with Crippen molar-refractivity contribution in [2.75, 3.05) is 5.32 Å². The van der Waals surface area contributed by atoms with Crippen LogP contribution in [0.3, 0.4) is 0 Å². The number of hydrogen-bond donors (Lipinski definition) is 3. The molecule has 1 heterocycles. The zero-order chi connectivity index (χ0) is 19.1. The lowest BCUT2D eigenvalue weighted by Gasteiger charge is -2.16. The normalized spacial score (nSPS) is 13.3. The van der Waals surface area contributed by atoms with Gasteiger partial charge in [0, 0.05) is 11.1 Å². The highest BCUT2D eigenvalue weighted by molar-refractivity contribution is 7.15. The number of thiazole rings is 1. The third-order valence-electron chi connectivity index (χ3n) is 4.26. The number of aromatic nitrogens is 1. The number of nitrogens with zero attached hydrogens (tertiary/aromatic N) is 1. The highest BCUT2D eigenvalue weighted by atomic mass is 32.1. The van der Waals surface area contributed by atoms with Crippen molar-refractivity contribution in [1.29, 1.82) is 0 Å². The molecule has 0 aliphatic rings. The maximum Gasteiger partial charge on any atom is 0.254 e. The number of aliphatic hydroxyl groups is 1. The summed E-state index contributed by atoms with van der Waals surface area (Å²) in [5, 5.41) is 15.8. The van der Waals surface area contributed by atoms with E-state index in [1.807, 2.05) is 0 Å². The summed E-state index contributed by atoms with van der Waals surface area (Å²) in [5.74, 6) is -0.545. The molecular weight excluding hydrogens is 350 g/mol. The van der Waals surface area contributed by atoms with Crippen molar-refractivity contribution in [3.63, 3.8) is 0 Å². The van der Waals surface area contributed by atoms with Crippen LogP contribution >= 0.6 is 11.3 Å². The Morgan fingerprint density at radius 3 is 2.42 bits per heavy atom. The first-order valence-corrected chi connectivity index (χ1v) is 9.57. The minimum atomic E-state index is -1.31. The zero-order valence-corrected chi connectivity index (χ0v) is 16.0. The fraction of sp³-hybridized carbons (Fsp3) is 0.421. The fourth-order valence-corrected chi connectivity index (χ4v) is 3.67. The van der Waals surface area contributed by atoms with E-state index in [1.165, 1.54) is 11.3 Å². The Labute approximate surface area is 157 Å². The van der Waals surface area contributed by atoms with Crippen molar-refractivity contribution in [2.24, 2.45) is 0 Å². The highest BCUT2D eigenvalue weighted by Gasteiger charge is 2.23. The predicted molar refractivity (Wildman–Crippen MR) is 103 cm³/mol. The summed E-state index contributed by atoms with van der Waals surface area (Å²) < 4.78 is 0. The van der Waals surface area contributed by atoms with Gasteiger partial charge in [-0.25, -0.2) is 4.98 Å². The van der Waals surface area contributed by atoms with Gasteiger partial charge in [0.15, 0.2) is 11.2 Å². The van der Waals surface area contributed by atoms with Crippen LogP contribution in [0.15, 0.2) is 36.5 Å². The van der Waals surface area contributed by atoms with Gasteiger partial charge in [0.2, 0.25) is 5.91 Å². The number of nitrogens with one attached hydrogen (secondary N) is 2. The largest absolute Gasteiger partial charge is 0.378 e. The zero-order valence-electron chi connectivity index (χ0n) is 15.2. The molecule has 0 aliphatic heterocycles. The van der Waals surface area contributed by atoms with E-state index in [9.17, 15) is 14.7 Å². The van der Waals surface area contributed by atoms with Crippen molar-refractivity contribution >= 4 is 28.3 Å². The molecule has 0 spiro atoms. The Bertz CT molecular complexity index is 729. The van der Waals surface area contributed by atoms with Gasteiger partial charge in [0.1, 0.15) is 6.04 Å². The Kier molecular flexibility index (Phi) is 7.29. The summed E-state index contributed by atoms with van der Waals surface area (Å²) in [6, 6.07) is 7.80. The van der Waals surface area contributed by atoms with Gasteiger partial charge in [0.05, 0.1) is 0 Å². The number of hydrogen-bond acceptors (Lipinski definition) is 5. The molecule has 0 saturated heterocycles. The molecular formula is C19H25N3O3S. The average molecular weight is 375 g/mol. The molecule has 2 atom stereocenters. The van der Waals surface area contributed by atoms with Gasteiger partial charge in [-0.2, -0.15) is 0 Å². The molecule has 0 saturated carbocycles. The Morgan fingerprint density at radius 2 is 1.81 bits per heavy atom. The molecule has 0 fully saturated rings. The number of carbonyl (C=O) groups excluding carboxylic acids is 2. The Balaban J connectivity index is 1.92. The number of anilines is 1. The summed E-state index contributed by atoms with van der Waals surface area (Å²) in [6.07, 6.45) is 2.53. The molecule has 3 N–H and O–H groups in total. The van der Waals surface area contributed by atoms with Gasteiger partial charge < -0.3 is 15.7 Å². The van der Waals surface area contributed by atoms with E-state index in [-0.39, 0.29) is 5.91 Å². The van der Waals surface area contributed by atoms with E-state index in [1.54, 1.807) is 43.5 Å². The number of carbonyl (C=O) groups is 2. The van der Waals surface area contributed by atoms with E-state index in [4.69, 9.17) is 0 Å². The van der Waals surface area contributed by atoms with Crippen LogP contribution in [-0.2, 0) is 9.59 Å². The molecule has 1 aromatic carbocycles. The van der Waals surface area contributed by atoms with E-state index >= 15 is 0 Å². The molecule has 140 valence electrons. The lowest BCUT2D eigenvalue weighted by Crippen LogP contribution is -2.43. The van der Waals surface area contributed by atoms with Gasteiger partial charge in [0.25, 0.3) is 5.91 Å². The summed E-state index contributed by atoms with van der Waals surface area (Å²) in [7, 11) is 0. The molecule has 0 bridgehead atoms. The van der Waals surface area contributed by atoms with E-state index in [0.717, 1.165) is 17.7 Å². The molecule has 2 aromatic rings. The second-order valence-electron chi connectivity index (χ2n) is 6.11. The van der Waals surface area contributed by atoms with Crippen LogP contribution in [0.1, 0.15) is 56.1 Å². The maximum absolute atomic E-state index is 12.3. The topological polar surface area (TPSA) is 91.3 Å². The first kappa shape index (κ1) is 20.1. The number of aliphatic hydroxyl groups excluding tert-OH is 1. The second kappa shape index (κ2) is 9.45. The van der Waals surface area contributed by atoms with Crippen LogP contribution in [0.2, 0.25) is 0 Å². The van der Waals surface area contributed by atoms with Crippen LogP contribution in [0, 0.1) is 0 Å². The van der Waals surface area contributed by atoms with Gasteiger partial charge in [-0.3, -0.25) is 9.59 Å². The van der Waals surface area contributed by atoms with Crippen molar-refractivity contribution in [2.45, 2.75) is 51.7 Å². The first-order chi connectivity index (χ1) is 12.5. The van der Waals surface area contributed by atoms with Crippen LogP contribution in [0.4, 0.5) is 5.13 Å². The molecule has 1 aromatic heterocycles. The molecule has 1 unspecified atom stereocenters. The SMILES string of the molecule is CCC(CC)c1cnc(NC(=O)[C@H](C)NC(=O)C(O)c2ccccc2)s1. The Morgan fingerprint density at radius 1 is 1.15 bits per heavy atom. The van der Waals surface area contributed by atoms with Crippen LogP contribution in [-0.4, -0.2) is 27.9 Å². The quantitative estimate of drug-likeness (QED) is 0.661. The number of amides is 2. The summed E-state index contributed by atoms with van der Waals surface area (Å²) in [5.41, 5.74) is 0.479. The monoisotopic (exact) mass is 375 g/mol. The molecule has 0 radical (unpaired) electrons. The van der Waals surface area contributed by atoms with E-state index < -0.39 is 18.1 Å². The first-order valence-electron chi connectivity index (χ1n) is 8.76. The van der Waals surface area contributed by atoms with Crippen LogP contribution in [0.25, 0.3) is 0 Å². The van der Waals surface area contributed by atoms with Crippen LogP contribution in [0.5, 0.6) is 0 Å². The molecule has 26 heavy (non-hydrogen) atoms. The molecule has 6 nitrogen and oxygen atoms in total. The molecule has 0 aliphatic carbocycles. The smallest absolute Gasteiger partial charge is 0.254 e.